The monoisotopic (exact) mass is 398 g/mol. The van der Waals surface area contributed by atoms with Gasteiger partial charge in [-0.25, -0.2) is 4.79 Å². The maximum absolute atomic E-state index is 12.1. The molecule has 1 aliphatic heterocycles. The lowest BCUT2D eigenvalue weighted by atomic mass is 10.3. The number of urea groups is 1. The first kappa shape index (κ1) is 17.8. The van der Waals surface area contributed by atoms with E-state index in [-0.39, 0.29) is 12.5 Å². The molecule has 0 unspecified atom stereocenters. The minimum atomic E-state index is -0.646. The second-order valence-electron chi connectivity index (χ2n) is 5.57. The Bertz CT molecular complexity index is 1010. The fraction of sp³-hybridized carbons (Fsp3) is 0.118. The van der Waals surface area contributed by atoms with Gasteiger partial charge in [0.15, 0.2) is 11.5 Å². The van der Waals surface area contributed by atoms with Crippen LogP contribution >= 0.6 is 11.8 Å². The number of para-hydroxylation sites is 1. The molecule has 11 heteroatoms. The number of amides is 3. The van der Waals surface area contributed by atoms with E-state index < -0.39 is 11.9 Å². The summed E-state index contributed by atoms with van der Waals surface area (Å²) >= 11 is 1.12. The molecule has 2 aromatic carbocycles. The van der Waals surface area contributed by atoms with Crippen molar-refractivity contribution in [2.75, 3.05) is 17.9 Å². The summed E-state index contributed by atoms with van der Waals surface area (Å²) < 4.78 is 12.0. The van der Waals surface area contributed by atoms with E-state index >= 15 is 0 Å². The van der Waals surface area contributed by atoms with Crippen molar-refractivity contribution in [3.05, 3.63) is 48.5 Å². The van der Waals surface area contributed by atoms with Crippen molar-refractivity contribution in [2.24, 2.45) is 0 Å². The van der Waals surface area contributed by atoms with Crippen molar-refractivity contribution >= 4 is 29.4 Å². The molecule has 2 heterocycles. The number of ether oxygens (including phenoxy) is 2. The number of hydrogen-bond acceptors (Lipinski definition) is 8. The fourth-order valence-corrected chi connectivity index (χ4v) is 3.12. The molecular weight excluding hydrogens is 384 g/mol. The number of anilines is 1. The van der Waals surface area contributed by atoms with Crippen molar-refractivity contribution in [1.29, 1.82) is 0 Å². The Morgan fingerprint density at radius 1 is 1.11 bits per heavy atom. The molecule has 3 aromatic rings. The number of benzene rings is 2. The number of rotatable bonds is 5. The van der Waals surface area contributed by atoms with Crippen LogP contribution in [0.15, 0.2) is 53.7 Å². The Hall–Kier alpha value is -3.60. The molecule has 0 saturated heterocycles. The molecule has 0 spiro atoms. The van der Waals surface area contributed by atoms with Crippen LogP contribution < -0.4 is 20.1 Å². The van der Waals surface area contributed by atoms with E-state index in [1.54, 1.807) is 18.2 Å². The summed E-state index contributed by atoms with van der Waals surface area (Å²) in [6, 6.07) is 13.6. The third kappa shape index (κ3) is 4.04. The van der Waals surface area contributed by atoms with Gasteiger partial charge in [-0.3, -0.25) is 10.1 Å². The average molecular weight is 398 g/mol. The molecule has 0 radical (unpaired) electrons. The first-order valence-corrected chi connectivity index (χ1v) is 9.15. The molecule has 3 amide bonds. The maximum atomic E-state index is 12.1. The van der Waals surface area contributed by atoms with Crippen molar-refractivity contribution in [2.45, 2.75) is 5.16 Å². The lowest BCUT2D eigenvalue weighted by molar-refractivity contribution is -0.117. The number of nitrogens with zero attached hydrogens (tertiary/aromatic N) is 4. The molecule has 4 rings (SSSR count). The Morgan fingerprint density at radius 2 is 1.93 bits per heavy atom. The highest BCUT2D eigenvalue weighted by molar-refractivity contribution is 7.99. The fourth-order valence-electron chi connectivity index (χ4n) is 2.43. The number of hydrogen-bond donors (Lipinski definition) is 2. The Morgan fingerprint density at radius 3 is 2.79 bits per heavy atom. The molecule has 28 heavy (non-hydrogen) atoms. The van der Waals surface area contributed by atoms with Gasteiger partial charge in [0.05, 0.1) is 11.4 Å². The smallest absolute Gasteiger partial charge is 0.325 e. The molecule has 142 valence electrons. The van der Waals surface area contributed by atoms with Crippen molar-refractivity contribution in [3.63, 3.8) is 0 Å². The lowest BCUT2D eigenvalue weighted by Gasteiger charge is -2.07. The quantitative estimate of drug-likeness (QED) is 0.625. The summed E-state index contributed by atoms with van der Waals surface area (Å²) in [6.07, 6.45) is 0. The SMILES string of the molecule is O=C(CSc1nnnn1-c1ccccc1)NC(=O)Nc1ccc2c(c1)OCO2. The summed E-state index contributed by atoms with van der Waals surface area (Å²) in [5.74, 6) is 0.634. The highest BCUT2D eigenvalue weighted by Gasteiger charge is 2.16. The van der Waals surface area contributed by atoms with Crippen LogP contribution in [0.25, 0.3) is 5.69 Å². The summed E-state index contributed by atoms with van der Waals surface area (Å²) in [5, 5.41) is 16.7. The minimum absolute atomic E-state index is 0.0260. The number of carbonyl (C=O) groups is 2. The highest BCUT2D eigenvalue weighted by Crippen LogP contribution is 2.34. The van der Waals surface area contributed by atoms with Gasteiger partial charge < -0.3 is 14.8 Å². The van der Waals surface area contributed by atoms with Crippen LogP contribution in [-0.2, 0) is 4.79 Å². The standard InChI is InChI=1S/C17H14N6O4S/c24-15(9-28-17-20-21-22-23(17)12-4-2-1-3-5-12)19-16(25)18-11-6-7-13-14(8-11)27-10-26-13/h1-8H,9-10H2,(H2,18,19,24,25). The predicted octanol–water partition coefficient (Wildman–Crippen LogP) is 1.83. The zero-order chi connectivity index (χ0) is 19.3. The topological polar surface area (TPSA) is 120 Å². The van der Waals surface area contributed by atoms with E-state index in [0.717, 1.165) is 17.4 Å². The normalized spacial score (nSPS) is 11.9. The number of imide groups is 1. The van der Waals surface area contributed by atoms with Gasteiger partial charge in [0.1, 0.15) is 0 Å². The van der Waals surface area contributed by atoms with E-state index in [2.05, 4.69) is 26.2 Å². The van der Waals surface area contributed by atoms with Crippen LogP contribution in [0.2, 0.25) is 0 Å². The molecule has 10 nitrogen and oxygen atoms in total. The van der Waals surface area contributed by atoms with Gasteiger partial charge in [0.2, 0.25) is 17.9 Å². The van der Waals surface area contributed by atoms with Crippen LogP contribution in [0.5, 0.6) is 11.5 Å². The molecule has 0 bridgehead atoms. The van der Waals surface area contributed by atoms with Gasteiger partial charge >= 0.3 is 6.03 Å². The van der Waals surface area contributed by atoms with Crippen LogP contribution in [-0.4, -0.2) is 44.7 Å². The number of nitrogens with one attached hydrogen (secondary N) is 2. The number of tetrazole rings is 1. The first-order chi connectivity index (χ1) is 13.7. The molecular formula is C17H14N6O4S. The van der Waals surface area contributed by atoms with Crippen LogP contribution in [0.1, 0.15) is 0 Å². The van der Waals surface area contributed by atoms with Crippen molar-refractivity contribution in [1.82, 2.24) is 25.5 Å². The second-order valence-corrected chi connectivity index (χ2v) is 6.51. The molecule has 2 N–H and O–H groups in total. The number of fused-ring (bicyclic) bond motifs is 1. The lowest BCUT2D eigenvalue weighted by Crippen LogP contribution is -2.35. The van der Waals surface area contributed by atoms with Gasteiger partial charge in [0, 0.05) is 11.8 Å². The third-order valence-electron chi connectivity index (χ3n) is 3.66. The average Bonchev–Trinajstić information content (AvgIpc) is 3.35. The molecule has 0 atom stereocenters. The highest BCUT2D eigenvalue weighted by atomic mass is 32.2. The zero-order valence-electron chi connectivity index (χ0n) is 14.4. The van der Waals surface area contributed by atoms with Gasteiger partial charge in [0.25, 0.3) is 0 Å². The summed E-state index contributed by atoms with van der Waals surface area (Å²) in [5.41, 5.74) is 1.26. The van der Waals surface area contributed by atoms with E-state index in [1.807, 2.05) is 30.3 Å². The first-order valence-electron chi connectivity index (χ1n) is 8.16. The Labute approximate surface area is 163 Å². The zero-order valence-corrected chi connectivity index (χ0v) is 15.2. The van der Waals surface area contributed by atoms with Gasteiger partial charge in [-0.1, -0.05) is 30.0 Å². The Kier molecular flexibility index (Phi) is 5.06. The summed E-state index contributed by atoms with van der Waals surface area (Å²) in [6.45, 7) is 0.142. The third-order valence-corrected chi connectivity index (χ3v) is 4.58. The van der Waals surface area contributed by atoms with Crippen LogP contribution in [0.3, 0.4) is 0 Å². The Balaban J connectivity index is 1.30. The van der Waals surface area contributed by atoms with Gasteiger partial charge in [-0.2, -0.15) is 4.68 Å². The van der Waals surface area contributed by atoms with Gasteiger partial charge in [-0.05, 0) is 34.7 Å². The molecule has 0 aliphatic carbocycles. The molecule has 1 aromatic heterocycles. The van der Waals surface area contributed by atoms with Gasteiger partial charge in [-0.15, -0.1) is 5.10 Å². The second kappa shape index (κ2) is 7.96. The number of aromatic nitrogens is 4. The van der Waals surface area contributed by atoms with E-state index in [9.17, 15) is 9.59 Å². The summed E-state index contributed by atoms with van der Waals surface area (Å²) in [4.78, 5) is 24.1. The van der Waals surface area contributed by atoms with E-state index in [0.29, 0.717) is 22.3 Å². The van der Waals surface area contributed by atoms with Crippen LogP contribution in [0, 0.1) is 0 Å². The van der Waals surface area contributed by atoms with Crippen LogP contribution in [0.4, 0.5) is 10.5 Å². The molecule has 0 saturated carbocycles. The number of carbonyl (C=O) groups excluding carboxylic acids is 2. The minimum Gasteiger partial charge on any atom is -0.454 e. The summed E-state index contributed by atoms with van der Waals surface area (Å²) in [7, 11) is 0. The predicted molar refractivity (Wildman–Crippen MR) is 99.6 cm³/mol. The molecule has 0 fully saturated rings. The van der Waals surface area contributed by atoms with E-state index in [4.69, 9.17) is 9.47 Å². The van der Waals surface area contributed by atoms with Crippen molar-refractivity contribution in [3.8, 4) is 17.2 Å². The van der Waals surface area contributed by atoms with Crippen molar-refractivity contribution < 1.29 is 19.1 Å². The number of thioether (sulfide) groups is 1. The largest absolute Gasteiger partial charge is 0.454 e. The molecule has 1 aliphatic rings. The van der Waals surface area contributed by atoms with E-state index in [1.165, 1.54) is 4.68 Å². The maximum Gasteiger partial charge on any atom is 0.325 e.